The molecule has 10 heteroatoms. The van der Waals surface area contributed by atoms with E-state index in [1.54, 1.807) is 24.8 Å². The molecular formula is C8H10I4N4S2. The summed E-state index contributed by atoms with van der Waals surface area (Å²) in [6, 6.07) is 3.69. The molecule has 0 aliphatic heterocycles. The molecule has 0 radical (unpaired) electrons. The molecule has 0 spiro atoms. The highest BCUT2D eigenvalue weighted by Crippen LogP contribution is 1.89. The van der Waals surface area contributed by atoms with Crippen LogP contribution >= 0.6 is 61.7 Å². The van der Waals surface area contributed by atoms with Gasteiger partial charge in [0.15, 0.2) is 0 Å². The van der Waals surface area contributed by atoms with Gasteiger partial charge in [-0.15, -0.1) is 0 Å². The number of halogens is 4. The van der Waals surface area contributed by atoms with E-state index in [9.17, 15) is 0 Å². The summed E-state index contributed by atoms with van der Waals surface area (Å²) in [6.07, 6.45) is 7.11. The van der Waals surface area contributed by atoms with Gasteiger partial charge in [0.2, 0.25) is 0 Å². The zero-order valence-electron chi connectivity index (χ0n) is 8.79. The van der Waals surface area contributed by atoms with E-state index in [-0.39, 0.29) is 48.0 Å². The third-order valence-electron chi connectivity index (χ3n) is 1.24. The van der Waals surface area contributed by atoms with Gasteiger partial charge in [0.05, 0.1) is 24.8 Å². The quantitative estimate of drug-likeness (QED) is 0.223. The number of nitrogens with one attached hydrogen (secondary N) is 4. The van der Waals surface area contributed by atoms with E-state index in [2.05, 4.69) is 57.2 Å². The molecule has 0 unspecified atom stereocenters. The average molecular weight is 734 g/mol. The first kappa shape index (κ1) is 24.5. The molecule has 0 fully saturated rings. The van der Waals surface area contributed by atoms with Crippen LogP contribution in [0, 0.1) is 9.54 Å². The lowest BCUT2D eigenvalue weighted by Crippen LogP contribution is -3.00. The molecule has 4 N–H and O–H groups in total. The fraction of sp³-hybridized carbons (Fsp3) is 0. The van der Waals surface area contributed by atoms with Crippen molar-refractivity contribution < 1.29 is 57.9 Å². The van der Waals surface area contributed by atoms with Crippen LogP contribution in [-0.4, -0.2) is 9.97 Å². The van der Waals surface area contributed by atoms with Crippen molar-refractivity contribution in [2.24, 2.45) is 0 Å². The van der Waals surface area contributed by atoms with Gasteiger partial charge >= 0.3 is 9.54 Å². The molecule has 0 aromatic carbocycles. The monoisotopic (exact) mass is 734 g/mol. The summed E-state index contributed by atoms with van der Waals surface area (Å²) in [4.78, 5) is 11.2. The summed E-state index contributed by atoms with van der Waals surface area (Å²) >= 11 is 13.6. The molecule has 0 amide bonds. The lowest BCUT2D eigenvalue weighted by atomic mass is 10.7. The van der Waals surface area contributed by atoms with Gasteiger partial charge in [-0.05, 0) is 0 Å². The lowest BCUT2D eigenvalue weighted by molar-refractivity contribution is -0.392. The van der Waals surface area contributed by atoms with Gasteiger partial charge in [0.1, 0.15) is 0 Å². The van der Waals surface area contributed by atoms with Crippen molar-refractivity contribution in [1.82, 2.24) is 9.97 Å². The average Bonchev–Trinajstić information content (AvgIpc) is 2.34. The van der Waals surface area contributed by atoms with Crippen LogP contribution in [0.3, 0.4) is 0 Å². The van der Waals surface area contributed by atoms with Gasteiger partial charge in [0, 0.05) is 73.8 Å². The van der Waals surface area contributed by atoms with Crippen molar-refractivity contribution in [3.8, 4) is 0 Å². The van der Waals surface area contributed by atoms with E-state index in [0.29, 0.717) is 9.54 Å². The van der Waals surface area contributed by atoms with E-state index in [1.807, 2.05) is 12.1 Å². The summed E-state index contributed by atoms with van der Waals surface area (Å²) in [6.45, 7) is 0. The molecule has 0 bridgehead atoms. The Morgan fingerprint density at radius 3 is 1.28 bits per heavy atom. The normalized spacial score (nSPS) is 7.00. The van der Waals surface area contributed by atoms with Crippen molar-refractivity contribution in [3.05, 3.63) is 46.5 Å². The second-order valence-electron chi connectivity index (χ2n) is 2.29. The predicted octanol–water partition coefficient (Wildman–Crippen LogP) is -3.10. The minimum Gasteiger partial charge on any atom is -1.00 e. The molecule has 0 saturated heterocycles. The molecule has 18 heavy (non-hydrogen) atoms. The summed E-state index contributed by atoms with van der Waals surface area (Å²) in [7, 11) is 0. The molecule has 2 aromatic rings. The van der Waals surface area contributed by atoms with Crippen LogP contribution in [0.5, 0.6) is 0 Å². The van der Waals surface area contributed by atoms with Crippen LogP contribution in [0.4, 0.5) is 0 Å². The standard InChI is InChI=1S/2C4H4N2S.I2.2HI/c2*7-4-5-2-1-3-6-4;1-2;;/h2*1-3H,(H,5,6,7);;2*1H. The lowest BCUT2D eigenvalue weighted by Gasteiger charge is -1.68. The fourth-order valence-corrected chi connectivity index (χ4v) is 0.947. The largest absolute Gasteiger partial charge is 1.00 e. The molecule has 102 valence electrons. The number of aromatic nitrogens is 4. The highest BCUT2D eigenvalue weighted by Gasteiger charge is 1.75. The topological polar surface area (TPSA) is 59.9 Å². The second kappa shape index (κ2) is 18.5. The van der Waals surface area contributed by atoms with Crippen LogP contribution in [0.2, 0.25) is 0 Å². The highest BCUT2D eigenvalue weighted by atomic mass is 128. The molecule has 0 aliphatic carbocycles. The van der Waals surface area contributed by atoms with E-state index in [0.717, 1.165) is 0 Å². The third-order valence-corrected chi connectivity index (χ3v) is 1.71. The third kappa shape index (κ3) is 15.6. The summed E-state index contributed by atoms with van der Waals surface area (Å²) in [5.74, 6) is 0. The Hall–Kier alpha value is 1.52. The van der Waals surface area contributed by atoms with Gasteiger partial charge in [-0.3, -0.25) is 0 Å². The zero-order chi connectivity index (χ0) is 12.2. The van der Waals surface area contributed by atoms with Crippen molar-refractivity contribution in [2.45, 2.75) is 0 Å². The van der Waals surface area contributed by atoms with Crippen LogP contribution in [0.15, 0.2) is 36.9 Å². The van der Waals surface area contributed by atoms with Crippen molar-refractivity contribution in [2.75, 3.05) is 0 Å². The molecule has 0 aliphatic rings. The first-order chi connectivity index (χ1) is 7.79. The molecule has 4 nitrogen and oxygen atoms in total. The minimum absolute atomic E-state index is 0. The number of rotatable bonds is 0. The fourth-order valence-electron chi connectivity index (χ4n) is 0.675. The Labute approximate surface area is 173 Å². The molecule has 2 heterocycles. The van der Waals surface area contributed by atoms with Crippen LogP contribution in [0.25, 0.3) is 0 Å². The Bertz CT molecular complexity index is 410. The maximum atomic E-state index is 4.70. The summed E-state index contributed by atoms with van der Waals surface area (Å²) < 4.78 is 1.31. The van der Waals surface area contributed by atoms with Crippen LogP contribution < -0.4 is 57.9 Å². The van der Waals surface area contributed by atoms with E-state index in [1.165, 1.54) is 0 Å². The summed E-state index contributed by atoms with van der Waals surface area (Å²) in [5.41, 5.74) is 0. The molecule has 2 aromatic heterocycles. The number of H-pyrrole nitrogens is 4. The molecule has 0 saturated carbocycles. The maximum absolute atomic E-state index is 4.70. The minimum atomic E-state index is 0. The second-order valence-corrected chi connectivity index (χ2v) is 3.10. The smallest absolute Gasteiger partial charge is 0.346 e. The Balaban J connectivity index is -0.000000200. The van der Waals surface area contributed by atoms with Gasteiger partial charge in [0.25, 0.3) is 0 Å². The van der Waals surface area contributed by atoms with Gasteiger partial charge in [-0.25, -0.2) is 19.9 Å². The Morgan fingerprint density at radius 1 is 0.833 bits per heavy atom. The van der Waals surface area contributed by atoms with Gasteiger partial charge in [-0.2, -0.15) is 0 Å². The van der Waals surface area contributed by atoms with E-state index in [4.69, 9.17) is 24.4 Å². The molecular weight excluding hydrogens is 724 g/mol. The first-order valence-electron chi connectivity index (χ1n) is 4.04. The number of hydrogen-bond donors (Lipinski definition) is 2. The SMILES string of the molecule is II.S=c1[nH]ccc[nH+]1.S=c1[nH]ccc[nH+]1.[I-].[I-]. The first-order valence-corrected chi connectivity index (χ1v) is 11.1. The maximum Gasteiger partial charge on any atom is 0.346 e. The predicted molar refractivity (Wildman–Crippen MR) is 84.4 cm³/mol. The number of hydrogen-bond acceptors (Lipinski definition) is 2. The Morgan fingerprint density at radius 2 is 1.17 bits per heavy atom. The van der Waals surface area contributed by atoms with E-state index >= 15 is 0 Å². The molecule has 0 atom stereocenters. The number of aromatic amines is 4. The van der Waals surface area contributed by atoms with Gasteiger partial charge in [-0.1, -0.05) is 0 Å². The Kier molecular flexibility index (Phi) is 25.2. The van der Waals surface area contributed by atoms with Crippen molar-refractivity contribution in [3.63, 3.8) is 0 Å². The van der Waals surface area contributed by atoms with Crippen molar-refractivity contribution in [1.29, 1.82) is 0 Å². The molecule has 2 rings (SSSR count). The van der Waals surface area contributed by atoms with E-state index < -0.39 is 0 Å². The zero-order valence-corrected chi connectivity index (χ0v) is 19.1. The highest BCUT2D eigenvalue weighted by molar-refractivity contribution is 15.0. The van der Waals surface area contributed by atoms with Crippen LogP contribution in [0.1, 0.15) is 0 Å². The summed E-state index contributed by atoms with van der Waals surface area (Å²) in [5, 5.41) is 0. The van der Waals surface area contributed by atoms with Crippen LogP contribution in [-0.2, 0) is 0 Å². The van der Waals surface area contributed by atoms with Crippen molar-refractivity contribution >= 4 is 61.7 Å². The van der Waals surface area contributed by atoms with Gasteiger partial charge < -0.3 is 48.0 Å².